The van der Waals surface area contributed by atoms with Crippen molar-refractivity contribution in [3.05, 3.63) is 82.6 Å². The molecule has 0 aliphatic heterocycles. The van der Waals surface area contributed by atoms with Crippen LogP contribution in [0, 0.1) is 11.8 Å². The highest BCUT2D eigenvalue weighted by molar-refractivity contribution is 5.89. The number of hydrogen-bond acceptors (Lipinski definition) is 6. The van der Waals surface area contributed by atoms with Gasteiger partial charge in [-0.05, 0) is 118 Å². The van der Waals surface area contributed by atoms with Crippen LogP contribution in [-0.4, -0.2) is 18.0 Å². The van der Waals surface area contributed by atoms with Gasteiger partial charge in [-0.2, -0.15) is 4.89 Å². The Kier molecular flexibility index (Phi) is 13.0. The topological polar surface area (TPSA) is 71.1 Å². The van der Waals surface area contributed by atoms with Crippen LogP contribution in [0.15, 0.2) is 60.4 Å². The standard InChI is InChI=1S/C36H48O6/c1-3-5-7-9-27-11-15-31(16-12-27)35(37)41-39-33-23-19-29(20-24-33)30-21-25-34(26-22-30)40-42-36(38)32-17-13-28(14-18-32)10-8-6-4-2/h11-18,23,29-30,34H,3-10,19-22,24-26H2,1-2H3. The Hall–Kier alpha value is -3.12. The molecule has 6 heteroatoms. The summed E-state index contributed by atoms with van der Waals surface area (Å²) in [4.78, 5) is 46.2. The Morgan fingerprint density at radius 3 is 1.71 bits per heavy atom. The van der Waals surface area contributed by atoms with Crippen molar-refractivity contribution in [3.63, 3.8) is 0 Å². The van der Waals surface area contributed by atoms with Gasteiger partial charge >= 0.3 is 11.9 Å². The maximum Gasteiger partial charge on any atom is 0.386 e. The van der Waals surface area contributed by atoms with Crippen molar-refractivity contribution < 1.29 is 29.1 Å². The zero-order chi connectivity index (χ0) is 29.6. The van der Waals surface area contributed by atoms with E-state index in [-0.39, 0.29) is 6.10 Å². The lowest BCUT2D eigenvalue weighted by Gasteiger charge is -2.34. The summed E-state index contributed by atoms with van der Waals surface area (Å²) >= 11 is 0. The Morgan fingerprint density at radius 1 is 0.667 bits per heavy atom. The third-order valence-electron chi connectivity index (χ3n) is 8.80. The summed E-state index contributed by atoms with van der Waals surface area (Å²) in [5.41, 5.74) is 3.51. The Balaban J connectivity index is 1.11. The molecule has 4 rings (SSSR count). The van der Waals surface area contributed by atoms with Crippen molar-refractivity contribution in [3.8, 4) is 0 Å². The summed E-state index contributed by atoms with van der Waals surface area (Å²) < 4.78 is 0. The van der Waals surface area contributed by atoms with E-state index in [1.54, 1.807) is 0 Å². The molecule has 2 aliphatic carbocycles. The average Bonchev–Trinajstić information content (AvgIpc) is 3.04. The molecule has 2 aromatic carbocycles. The molecule has 0 amide bonds. The molecule has 42 heavy (non-hydrogen) atoms. The molecule has 0 spiro atoms. The first kappa shape index (κ1) is 31.8. The number of carbonyl (C=O) groups is 2. The van der Waals surface area contributed by atoms with E-state index in [9.17, 15) is 9.59 Å². The van der Waals surface area contributed by atoms with E-state index in [4.69, 9.17) is 19.6 Å². The summed E-state index contributed by atoms with van der Waals surface area (Å²) in [6, 6.07) is 15.3. The van der Waals surface area contributed by atoms with Crippen LogP contribution in [0.5, 0.6) is 0 Å². The van der Waals surface area contributed by atoms with Gasteiger partial charge in [-0.3, -0.25) is 9.78 Å². The zero-order valence-corrected chi connectivity index (χ0v) is 25.5. The minimum atomic E-state index is -0.462. The van der Waals surface area contributed by atoms with Crippen LogP contribution >= 0.6 is 0 Å². The third kappa shape index (κ3) is 10.0. The van der Waals surface area contributed by atoms with Crippen LogP contribution in [0.3, 0.4) is 0 Å². The molecule has 0 radical (unpaired) electrons. The van der Waals surface area contributed by atoms with Gasteiger partial charge in [-0.1, -0.05) is 63.8 Å². The van der Waals surface area contributed by atoms with Crippen molar-refractivity contribution in [1.29, 1.82) is 0 Å². The van der Waals surface area contributed by atoms with Crippen molar-refractivity contribution in [1.82, 2.24) is 0 Å². The van der Waals surface area contributed by atoms with Crippen LogP contribution in [0.1, 0.15) is 129 Å². The highest BCUT2D eigenvalue weighted by Gasteiger charge is 2.30. The quantitative estimate of drug-likeness (QED) is 0.120. The Bertz CT molecular complexity index is 1130. The lowest BCUT2D eigenvalue weighted by atomic mass is 9.74. The molecule has 228 valence electrons. The van der Waals surface area contributed by atoms with Gasteiger partial charge in [0.15, 0.2) is 5.76 Å². The molecule has 2 aliphatic rings. The van der Waals surface area contributed by atoms with E-state index in [2.05, 4.69) is 19.9 Å². The van der Waals surface area contributed by atoms with Gasteiger partial charge in [0.2, 0.25) is 0 Å². The number of allylic oxidation sites excluding steroid dienone is 2. The van der Waals surface area contributed by atoms with Crippen LogP contribution in [0.25, 0.3) is 0 Å². The average molecular weight is 577 g/mol. The highest BCUT2D eigenvalue weighted by atomic mass is 17.2. The molecule has 1 atom stereocenters. The van der Waals surface area contributed by atoms with Crippen molar-refractivity contribution >= 4 is 11.9 Å². The molecule has 2 aromatic rings. The van der Waals surface area contributed by atoms with Gasteiger partial charge in [0.25, 0.3) is 0 Å². The number of hydrogen-bond donors (Lipinski definition) is 0. The molecular formula is C36H48O6. The zero-order valence-electron chi connectivity index (χ0n) is 25.5. The predicted octanol–water partition coefficient (Wildman–Crippen LogP) is 9.27. The van der Waals surface area contributed by atoms with Crippen molar-refractivity contribution in [2.24, 2.45) is 11.8 Å². The van der Waals surface area contributed by atoms with Gasteiger partial charge in [0.1, 0.15) is 6.10 Å². The van der Waals surface area contributed by atoms with Gasteiger partial charge in [-0.25, -0.2) is 14.5 Å². The smallest absolute Gasteiger partial charge is 0.293 e. The molecule has 0 bridgehead atoms. The monoisotopic (exact) mass is 576 g/mol. The molecule has 6 nitrogen and oxygen atoms in total. The fraction of sp³-hybridized carbons (Fsp3) is 0.556. The Morgan fingerprint density at radius 2 is 1.21 bits per heavy atom. The van der Waals surface area contributed by atoms with E-state index in [1.165, 1.54) is 43.2 Å². The Labute approximate surface area is 251 Å². The number of benzene rings is 2. The first-order chi connectivity index (χ1) is 20.6. The lowest BCUT2D eigenvalue weighted by molar-refractivity contribution is -0.281. The lowest BCUT2D eigenvalue weighted by Crippen LogP contribution is -2.28. The van der Waals surface area contributed by atoms with E-state index in [0.29, 0.717) is 23.0 Å². The molecule has 1 unspecified atom stereocenters. The largest absolute Gasteiger partial charge is 0.386 e. The molecule has 0 heterocycles. The number of unbranched alkanes of at least 4 members (excludes halogenated alkanes) is 4. The van der Waals surface area contributed by atoms with Crippen molar-refractivity contribution in [2.45, 2.75) is 116 Å². The summed E-state index contributed by atoms with van der Waals surface area (Å²) in [7, 11) is 0. The summed E-state index contributed by atoms with van der Waals surface area (Å²) in [6.07, 6.45) is 17.8. The first-order valence-corrected chi connectivity index (χ1v) is 16.2. The second-order valence-electron chi connectivity index (χ2n) is 12.0. The SMILES string of the molecule is CCCCCc1ccc(C(=O)OOC2=CCC(C3CCC(OOC(=O)c4ccc(CCCCC)cc4)CC3)CC2)cc1. The summed E-state index contributed by atoms with van der Waals surface area (Å²) in [5.74, 6) is 1.03. The maximum atomic E-state index is 12.4. The molecule has 0 aromatic heterocycles. The van der Waals surface area contributed by atoms with Crippen LogP contribution in [0.4, 0.5) is 0 Å². The van der Waals surface area contributed by atoms with Gasteiger partial charge < -0.3 is 0 Å². The molecule has 0 saturated heterocycles. The van der Waals surface area contributed by atoms with E-state index < -0.39 is 11.9 Å². The minimum absolute atomic E-state index is 0.0543. The fourth-order valence-electron chi connectivity index (χ4n) is 6.06. The van der Waals surface area contributed by atoms with Gasteiger partial charge in [-0.15, -0.1) is 0 Å². The minimum Gasteiger partial charge on any atom is -0.293 e. The number of aryl methyl sites for hydroxylation is 2. The fourth-order valence-corrected chi connectivity index (χ4v) is 6.06. The summed E-state index contributed by atoms with van der Waals surface area (Å²) in [6.45, 7) is 4.39. The second kappa shape index (κ2) is 17.1. The van der Waals surface area contributed by atoms with Gasteiger partial charge in [0.05, 0.1) is 11.1 Å². The van der Waals surface area contributed by atoms with Crippen LogP contribution in [-0.2, 0) is 32.4 Å². The number of rotatable bonds is 15. The van der Waals surface area contributed by atoms with Crippen LogP contribution < -0.4 is 0 Å². The first-order valence-electron chi connectivity index (χ1n) is 16.2. The number of carbonyl (C=O) groups excluding carboxylic acids is 2. The normalized spacial score (nSPS) is 20.4. The molecule has 1 saturated carbocycles. The van der Waals surface area contributed by atoms with Crippen molar-refractivity contribution in [2.75, 3.05) is 0 Å². The maximum absolute atomic E-state index is 12.4. The predicted molar refractivity (Wildman–Crippen MR) is 164 cm³/mol. The van der Waals surface area contributed by atoms with Crippen LogP contribution in [0.2, 0.25) is 0 Å². The third-order valence-corrected chi connectivity index (χ3v) is 8.80. The van der Waals surface area contributed by atoms with E-state index >= 15 is 0 Å². The molecule has 0 N–H and O–H groups in total. The highest BCUT2D eigenvalue weighted by Crippen LogP contribution is 2.39. The molecular weight excluding hydrogens is 528 g/mol. The van der Waals surface area contributed by atoms with Gasteiger partial charge in [0, 0.05) is 6.42 Å². The summed E-state index contributed by atoms with van der Waals surface area (Å²) in [5, 5.41) is 0. The van der Waals surface area contributed by atoms with E-state index in [0.717, 1.165) is 70.0 Å². The van der Waals surface area contributed by atoms with E-state index in [1.807, 2.05) is 48.5 Å². The second-order valence-corrected chi connectivity index (χ2v) is 12.0. The molecule has 1 fully saturated rings.